The number of rotatable bonds is 8. The summed E-state index contributed by atoms with van der Waals surface area (Å²) in [6.45, 7) is 3.76. The van der Waals surface area contributed by atoms with Crippen molar-refractivity contribution in [3.05, 3.63) is 88.4 Å². The summed E-state index contributed by atoms with van der Waals surface area (Å²) in [4.78, 5) is 12.8. The molecule has 168 valence electrons. The topological polar surface area (TPSA) is 84.5 Å². The molecule has 1 amide bonds. The minimum Gasteiger partial charge on any atom is -0.497 e. The van der Waals surface area contributed by atoms with Gasteiger partial charge >= 0.3 is 0 Å². The third kappa shape index (κ3) is 5.41. The van der Waals surface area contributed by atoms with Crippen molar-refractivity contribution < 1.29 is 17.9 Å². The molecule has 0 radical (unpaired) electrons. The minimum atomic E-state index is -3.99. The van der Waals surface area contributed by atoms with E-state index >= 15 is 0 Å². The van der Waals surface area contributed by atoms with Crippen LogP contribution in [0.3, 0.4) is 0 Å². The number of aryl methyl sites for hydroxylation is 1. The summed E-state index contributed by atoms with van der Waals surface area (Å²) in [6.07, 6.45) is 0.658. The lowest BCUT2D eigenvalue weighted by atomic mass is 10.0. The maximum Gasteiger partial charge on any atom is 0.263 e. The van der Waals surface area contributed by atoms with E-state index in [-0.39, 0.29) is 21.5 Å². The Morgan fingerprint density at radius 2 is 1.75 bits per heavy atom. The van der Waals surface area contributed by atoms with E-state index in [0.29, 0.717) is 12.1 Å². The highest BCUT2D eigenvalue weighted by molar-refractivity contribution is 7.92. The van der Waals surface area contributed by atoms with E-state index in [0.717, 1.165) is 16.9 Å². The molecule has 6 nitrogen and oxygen atoms in total. The SMILES string of the molecule is CC[C@@H](NC(=O)c1ccc(Cl)c(S(=O)(=O)Nc2ccccc2C)c1)c1ccc(OC)cc1. The summed E-state index contributed by atoms with van der Waals surface area (Å²) in [5, 5.41) is 2.99. The maximum absolute atomic E-state index is 13.0. The van der Waals surface area contributed by atoms with Gasteiger partial charge in [0.05, 0.1) is 23.9 Å². The molecule has 0 bridgehead atoms. The molecule has 0 fully saturated rings. The van der Waals surface area contributed by atoms with Gasteiger partial charge in [-0.1, -0.05) is 48.9 Å². The van der Waals surface area contributed by atoms with Gasteiger partial charge in [0.2, 0.25) is 0 Å². The van der Waals surface area contributed by atoms with Gasteiger partial charge < -0.3 is 10.1 Å². The van der Waals surface area contributed by atoms with Gasteiger partial charge in [0.25, 0.3) is 15.9 Å². The van der Waals surface area contributed by atoms with Crippen LogP contribution in [0, 0.1) is 6.92 Å². The van der Waals surface area contributed by atoms with Crippen molar-refractivity contribution in [1.29, 1.82) is 0 Å². The van der Waals surface area contributed by atoms with Crippen LogP contribution < -0.4 is 14.8 Å². The lowest BCUT2D eigenvalue weighted by Crippen LogP contribution is -2.28. The third-order valence-corrected chi connectivity index (χ3v) is 6.95. The highest BCUT2D eigenvalue weighted by Crippen LogP contribution is 2.27. The Hall–Kier alpha value is -3.03. The van der Waals surface area contributed by atoms with Gasteiger partial charge in [-0.25, -0.2) is 8.42 Å². The standard InChI is InChI=1S/C24H25ClN2O4S/c1-4-21(17-9-12-19(31-3)13-10-17)26-24(28)18-11-14-20(25)23(15-18)32(29,30)27-22-8-6-5-7-16(22)2/h5-15,21,27H,4H2,1-3H3,(H,26,28)/t21-/m1/s1. The van der Waals surface area contributed by atoms with Crippen molar-refractivity contribution in [3.8, 4) is 5.75 Å². The van der Waals surface area contributed by atoms with Crippen molar-refractivity contribution in [2.24, 2.45) is 0 Å². The van der Waals surface area contributed by atoms with E-state index < -0.39 is 15.9 Å². The number of hydrogen-bond donors (Lipinski definition) is 2. The molecule has 3 rings (SSSR count). The summed E-state index contributed by atoms with van der Waals surface area (Å²) in [6, 6.07) is 18.4. The third-order valence-electron chi connectivity index (χ3n) is 5.10. The van der Waals surface area contributed by atoms with Gasteiger partial charge in [0, 0.05) is 5.56 Å². The highest BCUT2D eigenvalue weighted by Gasteiger charge is 2.22. The molecule has 0 saturated carbocycles. The summed E-state index contributed by atoms with van der Waals surface area (Å²) in [7, 11) is -2.40. The van der Waals surface area contributed by atoms with Crippen molar-refractivity contribution in [1.82, 2.24) is 5.32 Å². The van der Waals surface area contributed by atoms with E-state index in [2.05, 4.69) is 10.0 Å². The minimum absolute atomic E-state index is 0.0323. The first-order valence-corrected chi connectivity index (χ1v) is 11.9. The molecule has 8 heteroatoms. The average Bonchev–Trinajstić information content (AvgIpc) is 2.79. The molecule has 32 heavy (non-hydrogen) atoms. The van der Waals surface area contributed by atoms with Crippen LogP contribution in [0.1, 0.15) is 40.9 Å². The number of ether oxygens (including phenoxy) is 1. The number of methoxy groups -OCH3 is 1. The van der Waals surface area contributed by atoms with Crippen molar-refractivity contribution >= 4 is 33.2 Å². The Labute approximate surface area is 193 Å². The van der Waals surface area contributed by atoms with Crippen molar-refractivity contribution in [2.75, 3.05) is 11.8 Å². The highest BCUT2D eigenvalue weighted by atomic mass is 35.5. The molecule has 0 spiro atoms. The lowest BCUT2D eigenvalue weighted by molar-refractivity contribution is 0.0935. The number of carbonyl (C=O) groups is 1. The van der Waals surface area contributed by atoms with E-state index in [9.17, 15) is 13.2 Å². The predicted molar refractivity (Wildman–Crippen MR) is 127 cm³/mol. The molecule has 0 aliphatic carbocycles. The Kier molecular flexibility index (Phi) is 7.43. The van der Waals surface area contributed by atoms with Gasteiger partial charge in [0.1, 0.15) is 10.6 Å². The Morgan fingerprint density at radius 1 is 1.06 bits per heavy atom. The number of anilines is 1. The van der Waals surface area contributed by atoms with Gasteiger partial charge in [-0.15, -0.1) is 0 Å². The lowest BCUT2D eigenvalue weighted by Gasteiger charge is -2.18. The Balaban J connectivity index is 1.85. The largest absolute Gasteiger partial charge is 0.497 e. The van der Waals surface area contributed by atoms with Crippen LogP contribution in [0.2, 0.25) is 5.02 Å². The average molecular weight is 473 g/mol. The van der Waals surface area contributed by atoms with Crippen LogP contribution >= 0.6 is 11.6 Å². The zero-order chi connectivity index (χ0) is 23.3. The van der Waals surface area contributed by atoms with Gasteiger partial charge in [-0.3, -0.25) is 9.52 Å². The second kappa shape index (κ2) is 10.1. The number of nitrogens with one attached hydrogen (secondary N) is 2. The maximum atomic E-state index is 13.0. The monoisotopic (exact) mass is 472 g/mol. The fourth-order valence-corrected chi connectivity index (χ4v) is 4.89. The summed E-state index contributed by atoms with van der Waals surface area (Å²) in [5.41, 5.74) is 2.34. The van der Waals surface area contributed by atoms with Crippen molar-refractivity contribution in [2.45, 2.75) is 31.2 Å². The smallest absolute Gasteiger partial charge is 0.263 e. The molecule has 3 aromatic carbocycles. The van der Waals surface area contributed by atoms with E-state index in [1.165, 1.54) is 18.2 Å². The second-order valence-electron chi connectivity index (χ2n) is 7.27. The van der Waals surface area contributed by atoms with E-state index in [4.69, 9.17) is 16.3 Å². The number of para-hydroxylation sites is 1. The number of halogens is 1. The molecule has 0 aromatic heterocycles. The summed E-state index contributed by atoms with van der Waals surface area (Å²) in [5.74, 6) is 0.334. The van der Waals surface area contributed by atoms with Crippen LogP contribution in [0.15, 0.2) is 71.6 Å². The van der Waals surface area contributed by atoms with Crippen LogP contribution in [0.4, 0.5) is 5.69 Å². The first kappa shape index (κ1) is 23.6. The van der Waals surface area contributed by atoms with E-state index in [1.807, 2.05) is 37.3 Å². The zero-order valence-corrected chi connectivity index (χ0v) is 19.6. The van der Waals surface area contributed by atoms with Crippen molar-refractivity contribution in [3.63, 3.8) is 0 Å². The molecule has 0 saturated heterocycles. The molecule has 0 aliphatic heterocycles. The molecule has 3 aromatic rings. The Morgan fingerprint density at radius 3 is 2.38 bits per heavy atom. The van der Waals surface area contributed by atoms with Crippen LogP contribution in [-0.2, 0) is 10.0 Å². The molecular formula is C24H25ClN2O4S. The quantitative estimate of drug-likeness (QED) is 0.463. The summed E-state index contributed by atoms with van der Waals surface area (Å²) < 4.78 is 33.7. The molecule has 0 aliphatic rings. The van der Waals surface area contributed by atoms with E-state index in [1.54, 1.807) is 32.2 Å². The fraction of sp³-hybridized carbons (Fsp3) is 0.208. The summed E-state index contributed by atoms with van der Waals surface area (Å²) >= 11 is 6.19. The van der Waals surface area contributed by atoms with Crippen LogP contribution in [0.5, 0.6) is 5.75 Å². The number of carbonyl (C=O) groups excluding carboxylic acids is 1. The zero-order valence-electron chi connectivity index (χ0n) is 18.1. The second-order valence-corrected chi connectivity index (χ2v) is 9.33. The molecule has 2 N–H and O–H groups in total. The van der Waals surface area contributed by atoms with Crippen LogP contribution in [-0.4, -0.2) is 21.4 Å². The first-order chi connectivity index (χ1) is 15.2. The van der Waals surface area contributed by atoms with Crippen LogP contribution in [0.25, 0.3) is 0 Å². The van der Waals surface area contributed by atoms with Gasteiger partial charge in [-0.2, -0.15) is 0 Å². The Bertz CT molecular complexity index is 1210. The molecule has 0 unspecified atom stereocenters. The predicted octanol–water partition coefficient (Wildman–Crippen LogP) is 5.34. The number of hydrogen-bond acceptors (Lipinski definition) is 4. The fourth-order valence-electron chi connectivity index (χ4n) is 3.24. The van der Waals surface area contributed by atoms with Gasteiger partial charge in [0.15, 0.2) is 0 Å². The van der Waals surface area contributed by atoms with Gasteiger partial charge in [-0.05, 0) is 60.9 Å². The molecular weight excluding hydrogens is 448 g/mol. The normalized spacial score (nSPS) is 12.1. The number of sulfonamides is 1. The molecule has 1 atom stereocenters. The first-order valence-electron chi connectivity index (χ1n) is 10.1. The number of amides is 1. The number of benzene rings is 3. The molecule has 0 heterocycles.